The van der Waals surface area contributed by atoms with Crippen molar-refractivity contribution in [1.82, 2.24) is 5.32 Å². The van der Waals surface area contributed by atoms with Crippen LogP contribution in [0.4, 0.5) is 0 Å². The average molecular weight is 283 g/mol. The highest BCUT2D eigenvalue weighted by Crippen LogP contribution is 2.20. The van der Waals surface area contributed by atoms with E-state index in [1.807, 2.05) is 6.07 Å². The van der Waals surface area contributed by atoms with Gasteiger partial charge in [-0.25, -0.2) is 4.79 Å². The fraction of sp³-hybridized carbons (Fsp3) is 0.278. The molecule has 0 aromatic heterocycles. The van der Waals surface area contributed by atoms with Gasteiger partial charge in [-0.15, -0.1) is 0 Å². The first kappa shape index (κ1) is 15.3. The Morgan fingerprint density at radius 2 is 1.90 bits per heavy atom. The molecule has 0 fully saturated rings. The number of hydrogen-bond acceptors (Lipinski definition) is 2. The first-order chi connectivity index (χ1) is 9.99. The minimum absolute atomic E-state index is 0.221. The summed E-state index contributed by atoms with van der Waals surface area (Å²) in [4.78, 5) is 11.0. The van der Waals surface area contributed by atoms with E-state index >= 15 is 0 Å². The largest absolute Gasteiger partial charge is 0.478 e. The number of hydrogen-bond donors (Lipinski definition) is 2. The summed E-state index contributed by atoms with van der Waals surface area (Å²) in [6, 6.07) is 13.6. The van der Waals surface area contributed by atoms with Crippen LogP contribution in [0, 0.1) is 13.8 Å². The maximum Gasteiger partial charge on any atom is 0.335 e. The number of aryl methyl sites for hydroxylation is 1. The van der Waals surface area contributed by atoms with Crippen LogP contribution in [0.3, 0.4) is 0 Å². The molecule has 0 aliphatic carbocycles. The van der Waals surface area contributed by atoms with E-state index in [0.29, 0.717) is 12.1 Å². The Labute approximate surface area is 125 Å². The van der Waals surface area contributed by atoms with Gasteiger partial charge in [0.15, 0.2) is 0 Å². The molecule has 0 spiro atoms. The van der Waals surface area contributed by atoms with E-state index in [2.05, 4.69) is 44.3 Å². The molecule has 0 radical (unpaired) electrons. The molecule has 1 atom stereocenters. The molecule has 1 unspecified atom stereocenters. The first-order valence-electron chi connectivity index (χ1n) is 7.10. The first-order valence-corrected chi connectivity index (χ1v) is 7.10. The van der Waals surface area contributed by atoms with Crippen molar-refractivity contribution in [3.05, 3.63) is 70.3 Å². The van der Waals surface area contributed by atoms with Crippen LogP contribution in [0.2, 0.25) is 0 Å². The molecule has 0 aliphatic heterocycles. The van der Waals surface area contributed by atoms with Crippen molar-refractivity contribution >= 4 is 5.97 Å². The highest BCUT2D eigenvalue weighted by molar-refractivity contribution is 5.87. The van der Waals surface area contributed by atoms with Crippen molar-refractivity contribution in [2.75, 3.05) is 0 Å². The summed E-state index contributed by atoms with van der Waals surface area (Å²) < 4.78 is 0. The van der Waals surface area contributed by atoms with Gasteiger partial charge in [0, 0.05) is 12.6 Å². The van der Waals surface area contributed by atoms with Crippen molar-refractivity contribution in [2.45, 2.75) is 33.4 Å². The molecule has 0 amide bonds. The van der Waals surface area contributed by atoms with Gasteiger partial charge in [0.25, 0.3) is 0 Å². The minimum atomic E-state index is -0.889. The average Bonchev–Trinajstić information content (AvgIpc) is 2.48. The fourth-order valence-corrected chi connectivity index (χ4v) is 2.44. The molecule has 0 aliphatic rings. The van der Waals surface area contributed by atoms with E-state index in [9.17, 15) is 4.79 Å². The zero-order chi connectivity index (χ0) is 15.4. The van der Waals surface area contributed by atoms with E-state index < -0.39 is 5.97 Å². The van der Waals surface area contributed by atoms with Crippen LogP contribution in [-0.4, -0.2) is 11.1 Å². The Morgan fingerprint density at radius 3 is 2.62 bits per heavy atom. The zero-order valence-electron chi connectivity index (χ0n) is 12.7. The summed E-state index contributed by atoms with van der Waals surface area (Å²) in [6.45, 7) is 7.02. The highest BCUT2D eigenvalue weighted by atomic mass is 16.4. The third-order valence-corrected chi connectivity index (χ3v) is 3.90. The zero-order valence-corrected chi connectivity index (χ0v) is 12.7. The number of benzene rings is 2. The second-order valence-corrected chi connectivity index (χ2v) is 5.40. The molecule has 0 heterocycles. The molecular weight excluding hydrogens is 262 g/mol. The maximum absolute atomic E-state index is 11.0. The Bertz CT molecular complexity index is 649. The second-order valence-electron chi connectivity index (χ2n) is 5.40. The van der Waals surface area contributed by atoms with Gasteiger partial charge in [-0.05, 0) is 55.2 Å². The summed E-state index contributed by atoms with van der Waals surface area (Å²) in [5.74, 6) is -0.889. The van der Waals surface area contributed by atoms with Crippen molar-refractivity contribution in [1.29, 1.82) is 0 Å². The lowest BCUT2D eigenvalue weighted by Gasteiger charge is -2.18. The summed E-state index contributed by atoms with van der Waals surface area (Å²) in [5, 5.41) is 12.5. The molecule has 2 rings (SSSR count). The molecule has 0 saturated heterocycles. The van der Waals surface area contributed by atoms with E-state index in [1.165, 1.54) is 16.7 Å². The van der Waals surface area contributed by atoms with Crippen LogP contribution < -0.4 is 5.32 Å². The fourth-order valence-electron chi connectivity index (χ4n) is 2.44. The number of carboxylic acids is 1. The molecule has 0 bridgehead atoms. The molecule has 21 heavy (non-hydrogen) atoms. The van der Waals surface area contributed by atoms with Gasteiger partial charge < -0.3 is 10.4 Å². The maximum atomic E-state index is 11.0. The molecule has 3 heteroatoms. The lowest BCUT2D eigenvalue weighted by molar-refractivity contribution is 0.0696. The summed E-state index contributed by atoms with van der Waals surface area (Å²) in [5.41, 5.74) is 5.18. The van der Waals surface area contributed by atoms with Crippen LogP contribution in [0.25, 0.3) is 0 Å². The van der Waals surface area contributed by atoms with Gasteiger partial charge in [-0.3, -0.25) is 0 Å². The van der Waals surface area contributed by atoms with Crippen molar-refractivity contribution in [3.8, 4) is 0 Å². The summed E-state index contributed by atoms with van der Waals surface area (Å²) >= 11 is 0. The van der Waals surface area contributed by atoms with Gasteiger partial charge >= 0.3 is 5.97 Å². The number of nitrogens with one attached hydrogen (secondary N) is 1. The third-order valence-electron chi connectivity index (χ3n) is 3.90. The number of rotatable bonds is 5. The van der Waals surface area contributed by atoms with Gasteiger partial charge in [0.2, 0.25) is 0 Å². The lowest BCUT2D eigenvalue weighted by atomic mass is 9.98. The van der Waals surface area contributed by atoms with Crippen LogP contribution in [0.15, 0.2) is 42.5 Å². The summed E-state index contributed by atoms with van der Waals surface area (Å²) in [6.07, 6.45) is 0. The summed E-state index contributed by atoms with van der Waals surface area (Å²) in [7, 11) is 0. The monoisotopic (exact) mass is 283 g/mol. The topological polar surface area (TPSA) is 49.3 Å². The van der Waals surface area contributed by atoms with E-state index in [1.54, 1.807) is 18.2 Å². The molecule has 0 saturated carbocycles. The molecule has 2 N–H and O–H groups in total. The minimum Gasteiger partial charge on any atom is -0.478 e. The normalized spacial score (nSPS) is 12.1. The number of carbonyl (C=O) groups is 1. The van der Waals surface area contributed by atoms with Gasteiger partial charge in [0.1, 0.15) is 0 Å². The lowest BCUT2D eigenvalue weighted by Crippen LogP contribution is -2.19. The highest BCUT2D eigenvalue weighted by Gasteiger charge is 2.09. The molecular formula is C18H21NO2. The number of carboxylic acid groups (broad SMARTS) is 1. The van der Waals surface area contributed by atoms with Crippen LogP contribution in [-0.2, 0) is 6.54 Å². The Kier molecular flexibility index (Phi) is 4.76. The van der Waals surface area contributed by atoms with Crippen LogP contribution in [0.5, 0.6) is 0 Å². The van der Waals surface area contributed by atoms with Crippen LogP contribution >= 0.6 is 0 Å². The smallest absolute Gasteiger partial charge is 0.335 e. The van der Waals surface area contributed by atoms with Crippen LogP contribution in [0.1, 0.15) is 45.6 Å². The van der Waals surface area contributed by atoms with Crippen molar-refractivity contribution in [2.24, 2.45) is 0 Å². The standard InChI is InChI=1S/C18H21NO2/c1-12-6-4-9-17(13(12)2)14(3)19-11-15-7-5-8-16(10-15)18(20)21/h4-10,14,19H,11H2,1-3H3,(H,20,21). The quantitative estimate of drug-likeness (QED) is 0.876. The molecule has 3 nitrogen and oxygen atoms in total. The van der Waals surface area contributed by atoms with Crippen molar-refractivity contribution in [3.63, 3.8) is 0 Å². The SMILES string of the molecule is Cc1cccc(C(C)NCc2cccc(C(=O)O)c2)c1C. The Morgan fingerprint density at radius 1 is 1.19 bits per heavy atom. The van der Waals surface area contributed by atoms with E-state index in [4.69, 9.17) is 5.11 Å². The Hall–Kier alpha value is -2.13. The molecule has 2 aromatic carbocycles. The Balaban J connectivity index is 2.07. The second kappa shape index (κ2) is 6.55. The van der Waals surface area contributed by atoms with Crippen molar-refractivity contribution < 1.29 is 9.90 Å². The van der Waals surface area contributed by atoms with Gasteiger partial charge in [0.05, 0.1) is 5.56 Å². The third kappa shape index (κ3) is 3.70. The van der Waals surface area contributed by atoms with E-state index in [0.717, 1.165) is 5.56 Å². The molecule has 2 aromatic rings. The van der Waals surface area contributed by atoms with Gasteiger partial charge in [-0.2, -0.15) is 0 Å². The van der Waals surface area contributed by atoms with Gasteiger partial charge in [-0.1, -0.05) is 30.3 Å². The predicted octanol–water partition coefficient (Wildman–Crippen LogP) is 3.85. The van der Waals surface area contributed by atoms with E-state index in [-0.39, 0.29) is 6.04 Å². The molecule has 110 valence electrons. The number of aromatic carboxylic acids is 1. The predicted molar refractivity (Wildman–Crippen MR) is 84.6 cm³/mol.